The van der Waals surface area contributed by atoms with Crippen LogP contribution in [-0.2, 0) is 19.1 Å². The van der Waals surface area contributed by atoms with Gasteiger partial charge in [0.1, 0.15) is 11.6 Å². The van der Waals surface area contributed by atoms with E-state index in [9.17, 15) is 19.6 Å². The van der Waals surface area contributed by atoms with Gasteiger partial charge in [-0.25, -0.2) is 9.59 Å². The van der Waals surface area contributed by atoms with E-state index in [-0.39, 0.29) is 18.8 Å². The van der Waals surface area contributed by atoms with Gasteiger partial charge in [0.2, 0.25) is 0 Å². The number of amides is 1. The van der Waals surface area contributed by atoms with Gasteiger partial charge in [-0.1, -0.05) is 0 Å². The summed E-state index contributed by atoms with van der Waals surface area (Å²) in [7, 11) is 1.26. The van der Waals surface area contributed by atoms with Gasteiger partial charge in [0.25, 0.3) is 5.91 Å². The normalized spacial score (nSPS) is 10.6. The third-order valence-corrected chi connectivity index (χ3v) is 5.03. The van der Waals surface area contributed by atoms with Gasteiger partial charge >= 0.3 is 11.9 Å². The summed E-state index contributed by atoms with van der Waals surface area (Å²) in [6.45, 7) is 3.81. The molecule has 1 N–H and O–H groups in total. The Balaban J connectivity index is 2.24. The van der Waals surface area contributed by atoms with Crippen LogP contribution in [-0.4, -0.2) is 44.8 Å². The molecule has 0 saturated heterocycles. The maximum Gasteiger partial charge on any atom is 0.343 e. The van der Waals surface area contributed by atoms with Crippen molar-refractivity contribution in [2.24, 2.45) is 0 Å². The zero-order valence-corrected chi connectivity index (χ0v) is 21.0. The number of nitrogens with zero attached hydrogens (tertiary/aromatic N) is 1. The van der Waals surface area contributed by atoms with E-state index in [1.165, 1.54) is 25.3 Å². The van der Waals surface area contributed by atoms with E-state index in [0.29, 0.717) is 38.5 Å². The lowest BCUT2D eigenvalue weighted by molar-refractivity contribution is -0.143. The molecule has 0 aliphatic carbocycles. The molecule has 0 radical (unpaired) electrons. The Morgan fingerprint density at radius 1 is 1.09 bits per heavy atom. The number of benzene rings is 2. The minimum Gasteiger partial charge on any atom is -0.490 e. The number of carbonyl (C=O) groups is 3. The Labute approximate surface area is 210 Å². The molecule has 34 heavy (non-hydrogen) atoms. The smallest absolute Gasteiger partial charge is 0.343 e. The van der Waals surface area contributed by atoms with E-state index in [1.807, 2.05) is 28.7 Å². The van der Waals surface area contributed by atoms with Crippen LogP contribution in [0, 0.1) is 14.9 Å². The van der Waals surface area contributed by atoms with E-state index in [4.69, 9.17) is 14.2 Å². The fourth-order valence-corrected chi connectivity index (χ4v) is 3.46. The monoisotopic (exact) mass is 578 g/mol. The average Bonchev–Trinajstić information content (AvgIpc) is 2.82. The van der Waals surface area contributed by atoms with Gasteiger partial charge in [-0.3, -0.25) is 4.79 Å². The third kappa shape index (κ3) is 7.48. The van der Waals surface area contributed by atoms with Crippen LogP contribution in [0.25, 0.3) is 6.08 Å². The largest absolute Gasteiger partial charge is 0.490 e. The Bertz CT molecular complexity index is 1120. The van der Waals surface area contributed by atoms with Gasteiger partial charge < -0.3 is 24.3 Å². The minimum absolute atomic E-state index is 0.143. The molecule has 9 nitrogen and oxygen atoms in total. The van der Waals surface area contributed by atoms with E-state index in [2.05, 4.69) is 10.1 Å². The molecule has 0 atom stereocenters. The zero-order chi connectivity index (χ0) is 25.1. The van der Waals surface area contributed by atoms with Crippen molar-refractivity contribution in [2.75, 3.05) is 32.2 Å². The third-order valence-electron chi connectivity index (χ3n) is 4.22. The summed E-state index contributed by atoms with van der Waals surface area (Å²) >= 11 is 2.01. The van der Waals surface area contributed by atoms with Gasteiger partial charge in [0, 0.05) is 5.69 Å². The first-order valence-corrected chi connectivity index (χ1v) is 11.3. The molecule has 0 aliphatic rings. The number of hydrogen-bond acceptors (Lipinski definition) is 8. The number of methoxy groups -OCH3 is 1. The second-order valence-electron chi connectivity index (χ2n) is 6.55. The van der Waals surface area contributed by atoms with E-state index in [0.717, 1.165) is 0 Å². The summed E-state index contributed by atoms with van der Waals surface area (Å²) < 4.78 is 21.3. The lowest BCUT2D eigenvalue weighted by Crippen LogP contribution is -2.14. The van der Waals surface area contributed by atoms with E-state index in [1.54, 1.807) is 38.1 Å². The summed E-state index contributed by atoms with van der Waals surface area (Å²) in [6.07, 6.45) is 1.41. The molecule has 178 valence electrons. The van der Waals surface area contributed by atoms with Gasteiger partial charge in [-0.15, -0.1) is 0 Å². The Hall–Kier alpha value is -3.59. The molecule has 0 aromatic heterocycles. The Morgan fingerprint density at radius 3 is 2.38 bits per heavy atom. The topological polar surface area (TPSA) is 124 Å². The van der Waals surface area contributed by atoms with Crippen LogP contribution in [0.4, 0.5) is 5.69 Å². The maximum atomic E-state index is 12.6. The van der Waals surface area contributed by atoms with Crippen molar-refractivity contribution >= 4 is 52.2 Å². The highest BCUT2D eigenvalue weighted by Crippen LogP contribution is 2.35. The molecule has 2 aromatic rings. The molecule has 0 unspecified atom stereocenters. The standard InChI is InChI=1S/C24H23IN2O7/c1-4-32-20-12-15(11-19(25)22(20)34-14-21(28)31-3)10-17(13-26)23(29)27-18-8-6-16(7-9-18)24(30)33-5-2/h6-12H,4-5,14H2,1-3H3,(H,27,29)/b17-10+. The molecule has 1 amide bonds. The SMILES string of the molecule is CCOC(=O)c1ccc(NC(=O)/C(C#N)=C/c2cc(I)c(OCC(=O)OC)c(OCC)c2)cc1. The number of hydrogen-bond donors (Lipinski definition) is 1. The van der Waals surface area contributed by atoms with Crippen LogP contribution >= 0.6 is 22.6 Å². The fraction of sp³-hybridized carbons (Fsp3) is 0.250. The Kier molecular flexibility index (Phi) is 10.3. The van der Waals surface area contributed by atoms with E-state index >= 15 is 0 Å². The highest BCUT2D eigenvalue weighted by molar-refractivity contribution is 14.1. The zero-order valence-electron chi connectivity index (χ0n) is 18.8. The van der Waals surface area contributed by atoms with Crippen LogP contribution in [0.5, 0.6) is 11.5 Å². The van der Waals surface area contributed by atoms with Crippen LogP contribution in [0.2, 0.25) is 0 Å². The van der Waals surface area contributed by atoms with Crippen LogP contribution in [0.15, 0.2) is 42.0 Å². The van der Waals surface area contributed by atoms with E-state index < -0.39 is 17.8 Å². The lowest BCUT2D eigenvalue weighted by Gasteiger charge is -2.14. The molecular weight excluding hydrogens is 555 g/mol. The number of anilines is 1. The molecule has 2 rings (SSSR count). The summed E-state index contributed by atoms with van der Waals surface area (Å²) in [6, 6.07) is 11.3. The molecule has 2 aromatic carbocycles. The number of carbonyl (C=O) groups excluding carboxylic acids is 3. The van der Waals surface area contributed by atoms with Crippen molar-refractivity contribution in [3.63, 3.8) is 0 Å². The first-order chi connectivity index (χ1) is 16.3. The minimum atomic E-state index is -0.620. The number of halogens is 1. The average molecular weight is 578 g/mol. The van der Waals surface area contributed by atoms with Crippen molar-refractivity contribution in [2.45, 2.75) is 13.8 Å². The summed E-state index contributed by atoms with van der Waals surface area (Å²) in [4.78, 5) is 35.8. The molecule has 0 heterocycles. The van der Waals surface area contributed by atoms with Gasteiger partial charge in [-0.2, -0.15) is 5.26 Å². The number of esters is 2. The molecule has 10 heteroatoms. The van der Waals surface area contributed by atoms with Crippen molar-refractivity contribution in [1.82, 2.24) is 0 Å². The fourth-order valence-electron chi connectivity index (χ4n) is 2.68. The van der Waals surface area contributed by atoms with Gasteiger partial charge in [-0.05, 0) is 84.5 Å². The van der Waals surface area contributed by atoms with Crippen molar-refractivity contribution in [3.8, 4) is 17.6 Å². The predicted octanol–water partition coefficient (Wildman–Crippen LogP) is 3.96. The first kappa shape index (κ1) is 26.7. The van der Waals surface area contributed by atoms with Crippen molar-refractivity contribution in [3.05, 3.63) is 56.7 Å². The number of nitrogens with one attached hydrogen (secondary N) is 1. The van der Waals surface area contributed by atoms with Crippen LogP contribution in [0.3, 0.4) is 0 Å². The summed E-state index contributed by atoms with van der Waals surface area (Å²) in [5, 5.41) is 12.2. The van der Waals surface area contributed by atoms with Gasteiger partial charge in [0.05, 0.1) is 29.5 Å². The summed E-state index contributed by atoms with van der Waals surface area (Å²) in [5.74, 6) is -0.908. The van der Waals surface area contributed by atoms with Crippen LogP contribution < -0.4 is 14.8 Å². The maximum absolute atomic E-state index is 12.6. The predicted molar refractivity (Wildman–Crippen MR) is 132 cm³/mol. The number of ether oxygens (including phenoxy) is 4. The summed E-state index contributed by atoms with van der Waals surface area (Å²) in [5.41, 5.74) is 1.15. The quantitative estimate of drug-likeness (QED) is 0.195. The second-order valence-corrected chi connectivity index (χ2v) is 7.71. The van der Waals surface area contributed by atoms with Crippen LogP contribution in [0.1, 0.15) is 29.8 Å². The Morgan fingerprint density at radius 2 is 1.79 bits per heavy atom. The molecule has 0 aliphatic heterocycles. The van der Waals surface area contributed by atoms with Crippen molar-refractivity contribution in [1.29, 1.82) is 5.26 Å². The lowest BCUT2D eigenvalue weighted by atomic mass is 10.1. The molecule has 0 bridgehead atoms. The second kappa shape index (κ2) is 13.2. The molecular formula is C24H23IN2O7. The molecule has 0 spiro atoms. The highest BCUT2D eigenvalue weighted by atomic mass is 127. The molecule has 0 saturated carbocycles. The molecule has 0 fully saturated rings. The highest BCUT2D eigenvalue weighted by Gasteiger charge is 2.16. The van der Waals surface area contributed by atoms with Gasteiger partial charge in [0.15, 0.2) is 18.1 Å². The van der Waals surface area contributed by atoms with Crippen molar-refractivity contribution < 1.29 is 33.3 Å². The first-order valence-electron chi connectivity index (χ1n) is 10.2. The number of rotatable bonds is 10. The number of nitriles is 1.